The second-order valence-electron chi connectivity index (χ2n) is 5.16. The van der Waals surface area contributed by atoms with E-state index in [4.69, 9.17) is 23.0 Å². The van der Waals surface area contributed by atoms with Gasteiger partial charge in [0, 0.05) is 11.5 Å². The van der Waals surface area contributed by atoms with Gasteiger partial charge in [0.1, 0.15) is 11.3 Å². The van der Waals surface area contributed by atoms with E-state index >= 15 is 0 Å². The highest BCUT2D eigenvalue weighted by Gasteiger charge is 2.27. The molecule has 1 aromatic carbocycles. The van der Waals surface area contributed by atoms with Crippen LogP contribution < -0.4 is 9.47 Å². The molecule has 0 saturated carbocycles. The van der Waals surface area contributed by atoms with E-state index < -0.39 is 5.97 Å². The Labute approximate surface area is 138 Å². The molecule has 0 amide bonds. The van der Waals surface area contributed by atoms with Crippen LogP contribution in [0.15, 0.2) is 39.7 Å². The first-order valence-corrected chi connectivity index (χ1v) is 7.54. The van der Waals surface area contributed by atoms with Gasteiger partial charge in [0.15, 0.2) is 0 Å². The summed E-state index contributed by atoms with van der Waals surface area (Å²) in [6.45, 7) is 4.09. The highest BCUT2D eigenvalue weighted by Crippen LogP contribution is 2.41. The van der Waals surface area contributed by atoms with Gasteiger partial charge in [-0.1, -0.05) is 6.08 Å². The van der Waals surface area contributed by atoms with Crippen molar-refractivity contribution in [2.75, 3.05) is 20.8 Å². The van der Waals surface area contributed by atoms with Gasteiger partial charge in [-0.25, -0.2) is 4.79 Å². The number of esters is 1. The average molecular weight is 330 g/mol. The molecule has 0 N–H and O–H groups in total. The van der Waals surface area contributed by atoms with Gasteiger partial charge in [-0.2, -0.15) is 0 Å². The molecule has 0 radical (unpaired) electrons. The average Bonchev–Trinajstić information content (AvgIpc) is 3.14. The van der Waals surface area contributed by atoms with Crippen LogP contribution in [0.5, 0.6) is 11.7 Å². The van der Waals surface area contributed by atoms with Gasteiger partial charge >= 0.3 is 11.9 Å². The molecule has 126 valence electrons. The number of hydrogen-bond acceptors (Lipinski definition) is 6. The Morgan fingerprint density at radius 3 is 2.83 bits per heavy atom. The van der Waals surface area contributed by atoms with E-state index in [9.17, 15) is 4.79 Å². The van der Waals surface area contributed by atoms with E-state index in [1.165, 1.54) is 7.11 Å². The Kier molecular flexibility index (Phi) is 4.46. The van der Waals surface area contributed by atoms with Crippen LogP contribution in [0, 0.1) is 0 Å². The molecule has 6 heteroatoms. The van der Waals surface area contributed by atoms with Crippen LogP contribution in [0.4, 0.5) is 0 Å². The smallest absolute Gasteiger partial charge is 0.374 e. The molecule has 0 aliphatic heterocycles. The number of allylic oxidation sites excluding steroid dienone is 1. The molecule has 3 rings (SSSR count). The van der Waals surface area contributed by atoms with Gasteiger partial charge in [-0.05, 0) is 25.0 Å². The molecule has 2 heterocycles. The number of methoxy groups -OCH3 is 2. The molecule has 24 heavy (non-hydrogen) atoms. The zero-order chi connectivity index (χ0) is 17.1. The van der Waals surface area contributed by atoms with Crippen molar-refractivity contribution in [2.24, 2.45) is 0 Å². The van der Waals surface area contributed by atoms with Crippen molar-refractivity contribution in [1.82, 2.24) is 0 Å². The number of rotatable bonds is 7. The Hall–Kier alpha value is -2.89. The summed E-state index contributed by atoms with van der Waals surface area (Å²) in [5, 5.41) is 1.27. The van der Waals surface area contributed by atoms with E-state index in [1.807, 2.05) is 12.1 Å². The molecule has 0 saturated heterocycles. The highest BCUT2D eigenvalue weighted by atomic mass is 16.6. The summed E-state index contributed by atoms with van der Waals surface area (Å²) < 4.78 is 27.0. The number of ether oxygens (including phenoxy) is 3. The highest BCUT2D eigenvalue weighted by molar-refractivity contribution is 6.15. The van der Waals surface area contributed by atoms with E-state index in [1.54, 1.807) is 19.2 Å². The van der Waals surface area contributed by atoms with Gasteiger partial charge in [-0.15, -0.1) is 6.58 Å². The Balaban J connectivity index is 2.10. The van der Waals surface area contributed by atoms with E-state index in [0.29, 0.717) is 28.9 Å². The van der Waals surface area contributed by atoms with E-state index in [0.717, 1.165) is 18.2 Å². The van der Waals surface area contributed by atoms with Gasteiger partial charge < -0.3 is 23.0 Å². The second kappa shape index (κ2) is 6.70. The summed E-state index contributed by atoms with van der Waals surface area (Å²) in [6.07, 6.45) is 3.42. The first kappa shape index (κ1) is 16.0. The lowest BCUT2D eigenvalue weighted by Gasteiger charge is -2.01. The normalized spacial score (nSPS) is 10.9. The molecule has 0 aliphatic carbocycles. The summed E-state index contributed by atoms with van der Waals surface area (Å²) in [6, 6.07) is 5.34. The van der Waals surface area contributed by atoms with Gasteiger partial charge in [-0.3, -0.25) is 0 Å². The minimum atomic E-state index is -0.584. The Morgan fingerprint density at radius 2 is 2.12 bits per heavy atom. The fourth-order valence-electron chi connectivity index (χ4n) is 2.49. The minimum Gasteiger partial charge on any atom is -0.497 e. The third kappa shape index (κ3) is 2.71. The van der Waals surface area contributed by atoms with Crippen molar-refractivity contribution in [2.45, 2.75) is 12.8 Å². The van der Waals surface area contributed by atoms with E-state index in [2.05, 4.69) is 6.58 Å². The van der Waals surface area contributed by atoms with Crippen LogP contribution in [0.25, 0.3) is 21.9 Å². The Bertz CT molecular complexity index is 886. The predicted octanol–water partition coefficient (Wildman–Crippen LogP) is 4.32. The molecule has 0 atom stereocenters. The molecule has 3 aromatic rings. The molecule has 0 spiro atoms. The van der Waals surface area contributed by atoms with Crippen molar-refractivity contribution in [3.05, 3.63) is 36.6 Å². The lowest BCUT2D eigenvalue weighted by atomic mass is 10.1. The number of benzene rings is 1. The van der Waals surface area contributed by atoms with Crippen LogP contribution in [0.3, 0.4) is 0 Å². The summed E-state index contributed by atoms with van der Waals surface area (Å²) in [7, 11) is 2.87. The summed E-state index contributed by atoms with van der Waals surface area (Å²) >= 11 is 0. The molecular weight excluding hydrogens is 312 g/mol. The van der Waals surface area contributed by atoms with Crippen molar-refractivity contribution in [3.63, 3.8) is 0 Å². The molecular formula is C18H18O6. The van der Waals surface area contributed by atoms with Crippen molar-refractivity contribution in [1.29, 1.82) is 0 Å². The number of furan rings is 2. The second-order valence-corrected chi connectivity index (χ2v) is 5.16. The first-order chi connectivity index (χ1) is 11.7. The van der Waals surface area contributed by atoms with Crippen LogP contribution in [0.2, 0.25) is 0 Å². The van der Waals surface area contributed by atoms with E-state index in [-0.39, 0.29) is 11.7 Å². The van der Waals surface area contributed by atoms with Crippen LogP contribution in [-0.4, -0.2) is 26.8 Å². The third-order valence-corrected chi connectivity index (χ3v) is 3.66. The fourth-order valence-corrected chi connectivity index (χ4v) is 2.49. The molecule has 0 fully saturated rings. The molecule has 0 bridgehead atoms. The standard InChI is InChI=1S/C18H18O6/c1-4-5-6-9-22-18-16-14(15(24-18)17(19)21-3)12-8-7-11(20-2)10-13(12)23-16/h4,7-8,10H,1,5-6,9H2,2-3H3. The van der Waals surface area contributed by atoms with Crippen molar-refractivity contribution >= 4 is 27.9 Å². The maximum atomic E-state index is 12.0. The number of unbranched alkanes of at least 4 members (excludes halogenated alkanes) is 1. The minimum absolute atomic E-state index is 0.0649. The van der Waals surface area contributed by atoms with Gasteiger partial charge in [0.05, 0.1) is 26.2 Å². The number of fused-ring (bicyclic) bond motifs is 3. The zero-order valence-electron chi connectivity index (χ0n) is 13.6. The molecule has 6 nitrogen and oxygen atoms in total. The first-order valence-electron chi connectivity index (χ1n) is 7.54. The lowest BCUT2D eigenvalue weighted by molar-refractivity contribution is 0.0559. The third-order valence-electron chi connectivity index (χ3n) is 3.66. The Morgan fingerprint density at radius 1 is 1.29 bits per heavy atom. The summed E-state index contributed by atoms with van der Waals surface area (Å²) in [4.78, 5) is 12.0. The number of carbonyl (C=O) groups excluding carboxylic acids is 1. The van der Waals surface area contributed by atoms with Crippen LogP contribution in [0.1, 0.15) is 23.4 Å². The lowest BCUT2D eigenvalue weighted by Crippen LogP contribution is -1.99. The van der Waals surface area contributed by atoms with Gasteiger partial charge in [0.25, 0.3) is 0 Å². The summed E-state index contributed by atoms with van der Waals surface area (Å²) in [5.41, 5.74) is 0.966. The number of hydrogen-bond donors (Lipinski definition) is 0. The van der Waals surface area contributed by atoms with Gasteiger partial charge in [0.2, 0.25) is 11.3 Å². The van der Waals surface area contributed by atoms with Crippen LogP contribution in [-0.2, 0) is 4.74 Å². The maximum Gasteiger partial charge on any atom is 0.374 e. The SMILES string of the molecule is C=CCCCOc1oc(C(=O)OC)c2c1oc1cc(OC)ccc12. The van der Waals surface area contributed by atoms with Crippen molar-refractivity contribution < 1.29 is 27.8 Å². The fraction of sp³-hybridized carbons (Fsp3) is 0.278. The molecule has 0 aliphatic rings. The largest absolute Gasteiger partial charge is 0.497 e. The quantitative estimate of drug-likeness (QED) is 0.365. The number of carbonyl (C=O) groups is 1. The monoisotopic (exact) mass is 330 g/mol. The van der Waals surface area contributed by atoms with Crippen LogP contribution >= 0.6 is 0 Å². The van der Waals surface area contributed by atoms with Crippen molar-refractivity contribution in [3.8, 4) is 11.7 Å². The molecule has 0 unspecified atom stereocenters. The predicted molar refractivity (Wildman–Crippen MR) is 88.8 cm³/mol. The maximum absolute atomic E-state index is 12.0. The molecule has 2 aromatic heterocycles. The zero-order valence-corrected chi connectivity index (χ0v) is 13.6. The summed E-state index contributed by atoms with van der Waals surface area (Å²) in [5.74, 6) is 0.308. The topological polar surface area (TPSA) is 71.0 Å².